The summed E-state index contributed by atoms with van der Waals surface area (Å²) in [6.45, 7) is 9.36. The predicted octanol–water partition coefficient (Wildman–Crippen LogP) is 0.644. The van der Waals surface area contributed by atoms with E-state index in [1.807, 2.05) is 13.0 Å². The second kappa shape index (κ2) is 11.0. The Kier molecular flexibility index (Phi) is 9.37. The van der Waals surface area contributed by atoms with E-state index in [2.05, 4.69) is 24.5 Å². The van der Waals surface area contributed by atoms with Crippen LogP contribution in [0.3, 0.4) is 0 Å². The molecule has 0 unspecified atom stereocenters. The third-order valence-electron chi connectivity index (χ3n) is 3.72. The summed E-state index contributed by atoms with van der Waals surface area (Å²) < 4.78 is 5.13. The molecule has 1 aromatic carbocycles. The highest BCUT2D eigenvalue weighted by molar-refractivity contribution is 6.31. The number of likely N-dealkylation sites (N-methyl/N-ethyl adjacent to an activating group) is 1. The first-order valence-corrected chi connectivity index (χ1v) is 8.58. The molecule has 0 aliphatic heterocycles. The number of rotatable bonds is 10. The lowest BCUT2D eigenvalue weighted by Gasteiger charge is -2.15. The number of carbonyl (C=O) groups excluding carboxylic acids is 2. The number of anilines is 1. The zero-order valence-corrected chi connectivity index (χ0v) is 15.3. The Morgan fingerprint density at radius 3 is 2.46 bits per heavy atom. The van der Waals surface area contributed by atoms with Gasteiger partial charge in [-0.25, -0.2) is 0 Å². The molecule has 3 N–H and O–H groups in total. The van der Waals surface area contributed by atoms with Crippen molar-refractivity contribution < 1.29 is 19.2 Å². The summed E-state index contributed by atoms with van der Waals surface area (Å²) in [6.07, 6.45) is 0. The Balaban J connectivity index is 2.20. The first kappa shape index (κ1) is 20.4. The van der Waals surface area contributed by atoms with Gasteiger partial charge in [-0.3, -0.25) is 9.59 Å². The zero-order chi connectivity index (χ0) is 17.9. The fraction of sp³-hybridized carbons (Fsp3) is 0.529. The van der Waals surface area contributed by atoms with Crippen molar-refractivity contribution in [3.63, 3.8) is 0 Å². The van der Waals surface area contributed by atoms with Gasteiger partial charge < -0.3 is 20.3 Å². The van der Waals surface area contributed by atoms with Crippen molar-refractivity contribution in [2.75, 3.05) is 44.7 Å². The van der Waals surface area contributed by atoms with Gasteiger partial charge in [0.05, 0.1) is 26.2 Å². The van der Waals surface area contributed by atoms with E-state index in [4.69, 9.17) is 16.3 Å². The van der Waals surface area contributed by atoms with E-state index in [1.165, 1.54) is 4.90 Å². The van der Waals surface area contributed by atoms with Crippen molar-refractivity contribution in [3.05, 3.63) is 28.8 Å². The van der Waals surface area contributed by atoms with Crippen LogP contribution in [0.5, 0.6) is 0 Å². The maximum absolute atomic E-state index is 11.8. The molecule has 7 heteroatoms. The van der Waals surface area contributed by atoms with Crippen LogP contribution in [0.2, 0.25) is 5.02 Å². The van der Waals surface area contributed by atoms with Crippen molar-refractivity contribution in [3.8, 4) is 0 Å². The number of hydrogen-bond acceptors (Lipinski definition) is 3. The molecule has 1 aromatic rings. The maximum atomic E-state index is 11.8. The van der Waals surface area contributed by atoms with Gasteiger partial charge in [-0.2, -0.15) is 0 Å². The fourth-order valence-electron chi connectivity index (χ4n) is 2.14. The van der Waals surface area contributed by atoms with Gasteiger partial charge in [0.1, 0.15) is 13.2 Å². The van der Waals surface area contributed by atoms with Crippen LogP contribution < -0.4 is 15.5 Å². The molecule has 0 atom stereocenters. The van der Waals surface area contributed by atoms with E-state index in [-0.39, 0.29) is 25.0 Å². The fourth-order valence-corrected chi connectivity index (χ4v) is 2.32. The third-order valence-corrected chi connectivity index (χ3v) is 4.13. The van der Waals surface area contributed by atoms with E-state index in [0.717, 1.165) is 25.2 Å². The van der Waals surface area contributed by atoms with E-state index in [9.17, 15) is 9.59 Å². The van der Waals surface area contributed by atoms with Crippen molar-refractivity contribution in [1.29, 1.82) is 0 Å². The average molecular weight is 357 g/mol. The molecule has 6 nitrogen and oxygen atoms in total. The van der Waals surface area contributed by atoms with Crippen molar-refractivity contribution in [1.82, 2.24) is 5.32 Å². The quantitative estimate of drug-likeness (QED) is 0.576. The second-order valence-electron chi connectivity index (χ2n) is 5.56. The SMILES string of the molecule is CC[NH+](CC)CCNC(=O)COCC(=O)Nc1ccc(C)c(Cl)c1. The molecule has 0 bridgehead atoms. The van der Waals surface area contributed by atoms with Crippen molar-refractivity contribution in [2.45, 2.75) is 20.8 Å². The van der Waals surface area contributed by atoms with Crippen LogP contribution in [-0.2, 0) is 14.3 Å². The lowest BCUT2D eigenvalue weighted by molar-refractivity contribution is -0.895. The molecule has 0 radical (unpaired) electrons. The van der Waals surface area contributed by atoms with E-state index in [0.29, 0.717) is 17.3 Å². The van der Waals surface area contributed by atoms with Gasteiger partial charge in [0.15, 0.2) is 0 Å². The smallest absolute Gasteiger partial charge is 0.250 e. The van der Waals surface area contributed by atoms with Gasteiger partial charge >= 0.3 is 0 Å². The highest BCUT2D eigenvalue weighted by Gasteiger charge is 2.08. The number of nitrogens with one attached hydrogen (secondary N) is 3. The lowest BCUT2D eigenvalue weighted by Crippen LogP contribution is -3.12. The van der Waals surface area contributed by atoms with Gasteiger partial charge in [0, 0.05) is 10.7 Å². The summed E-state index contributed by atoms with van der Waals surface area (Å²) in [6, 6.07) is 5.27. The van der Waals surface area contributed by atoms with Gasteiger partial charge in [-0.1, -0.05) is 17.7 Å². The van der Waals surface area contributed by atoms with E-state index in [1.54, 1.807) is 12.1 Å². The first-order chi connectivity index (χ1) is 11.5. The molecule has 0 spiro atoms. The van der Waals surface area contributed by atoms with Crippen molar-refractivity contribution >= 4 is 29.1 Å². The summed E-state index contributed by atoms with van der Waals surface area (Å²) in [5.41, 5.74) is 1.54. The van der Waals surface area contributed by atoms with Crippen LogP contribution in [0.1, 0.15) is 19.4 Å². The summed E-state index contributed by atoms with van der Waals surface area (Å²) in [4.78, 5) is 24.8. The number of benzene rings is 1. The molecule has 0 aliphatic rings. The minimum absolute atomic E-state index is 0.129. The molecule has 0 aromatic heterocycles. The minimum atomic E-state index is -0.324. The van der Waals surface area contributed by atoms with E-state index >= 15 is 0 Å². The zero-order valence-electron chi connectivity index (χ0n) is 14.6. The van der Waals surface area contributed by atoms with Crippen LogP contribution >= 0.6 is 11.6 Å². The Morgan fingerprint density at radius 2 is 1.83 bits per heavy atom. The molecule has 24 heavy (non-hydrogen) atoms. The molecule has 1 rings (SSSR count). The molecule has 0 heterocycles. The summed E-state index contributed by atoms with van der Waals surface area (Å²) in [7, 11) is 0. The maximum Gasteiger partial charge on any atom is 0.250 e. The largest absolute Gasteiger partial charge is 0.362 e. The number of hydrogen-bond donors (Lipinski definition) is 3. The van der Waals surface area contributed by atoms with Gasteiger partial charge in [0.25, 0.3) is 0 Å². The molecule has 0 aliphatic carbocycles. The molecule has 0 saturated heterocycles. The normalized spacial score (nSPS) is 10.7. The van der Waals surface area contributed by atoms with Gasteiger partial charge in [-0.05, 0) is 38.5 Å². The monoisotopic (exact) mass is 356 g/mol. The molecular weight excluding hydrogens is 330 g/mol. The Labute approximate surface area is 148 Å². The van der Waals surface area contributed by atoms with Gasteiger partial charge in [0.2, 0.25) is 11.8 Å². The van der Waals surface area contributed by atoms with Crippen LogP contribution in [0, 0.1) is 6.92 Å². The van der Waals surface area contributed by atoms with Crippen LogP contribution in [0.25, 0.3) is 0 Å². The Hall–Kier alpha value is -1.63. The summed E-state index contributed by atoms with van der Waals surface area (Å²) in [5, 5.41) is 6.05. The number of aryl methyl sites for hydroxylation is 1. The predicted molar refractivity (Wildman–Crippen MR) is 95.6 cm³/mol. The van der Waals surface area contributed by atoms with Crippen LogP contribution in [0.4, 0.5) is 5.69 Å². The second-order valence-corrected chi connectivity index (χ2v) is 5.97. The van der Waals surface area contributed by atoms with Crippen LogP contribution in [-0.4, -0.2) is 51.2 Å². The first-order valence-electron chi connectivity index (χ1n) is 8.20. The Bertz CT molecular complexity index is 548. The lowest BCUT2D eigenvalue weighted by atomic mass is 10.2. The topological polar surface area (TPSA) is 71.9 Å². The average Bonchev–Trinajstić information content (AvgIpc) is 2.55. The molecular formula is C17H27ClN3O3+. The third kappa shape index (κ3) is 7.77. The summed E-state index contributed by atoms with van der Waals surface area (Å²) in [5.74, 6) is -0.539. The molecule has 2 amide bonds. The molecule has 0 saturated carbocycles. The summed E-state index contributed by atoms with van der Waals surface area (Å²) >= 11 is 6.00. The number of amides is 2. The highest BCUT2D eigenvalue weighted by Crippen LogP contribution is 2.19. The minimum Gasteiger partial charge on any atom is -0.362 e. The van der Waals surface area contributed by atoms with Crippen LogP contribution in [0.15, 0.2) is 18.2 Å². The standard InChI is InChI=1S/C17H26ClN3O3/c1-4-21(5-2)9-8-19-16(22)11-24-12-17(23)20-14-7-6-13(3)15(18)10-14/h6-7,10H,4-5,8-9,11-12H2,1-3H3,(H,19,22)(H,20,23)/p+1. The van der Waals surface area contributed by atoms with E-state index < -0.39 is 0 Å². The van der Waals surface area contributed by atoms with Gasteiger partial charge in [-0.15, -0.1) is 0 Å². The number of carbonyl (C=O) groups is 2. The Morgan fingerprint density at radius 1 is 1.17 bits per heavy atom. The molecule has 0 fully saturated rings. The number of halogens is 1. The van der Waals surface area contributed by atoms with Crippen molar-refractivity contribution in [2.24, 2.45) is 0 Å². The highest BCUT2D eigenvalue weighted by atomic mass is 35.5. The molecule has 134 valence electrons. The number of quaternary nitrogens is 1. The number of ether oxygens (including phenoxy) is 1.